The van der Waals surface area contributed by atoms with E-state index in [1.807, 2.05) is 56.3 Å². The topological polar surface area (TPSA) is 38.3 Å². The summed E-state index contributed by atoms with van der Waals surface area (Å²) in [6.07, 6.45) is 0. The third kappa shape index (κ3) is 5.40. The average Bonchev–Trinajstić information content (AvgIpc) is 2.70. The Balaban J connectivity index is 1.76. The highest BCUT2D eigenvalue weighted by molar-refractivity contribution is 7.98. The lowest BCUT2D eigenvalue weighted by molar-refractivity contribution is 0.102. The zero-order chi connectivity index (χ0) is 19.9. The van der Waals surface area contributed by atoms with Crippen LogP contribution in [-0.2, 0) is 5.75 Å². The fraction of sp³-hybridized carbons (Fsp3) is 0.208. The zero-order valence-electron chi connectivity index (χ0n) is 16.5. The van der Waals surface area contributed by atoms with Crippen molar-refractivity contribution in [2.45, 2.75) is 31.4 Å². The van der Waals surface area contributed by atoms with Crippen LogP contribution in [0.4, 0.5) is 5.69 Å². The molecule has 0 bridgehead atoms. The van der Waals surface area contributed by atoms with Crippen LogP contribution in [0.15, 0.2) is 71.6 Å². The largest absolute Gasteiger partial charge is 0.494 e. The quantitative estimate of drug-likeness (QED) is 0.484. The van der Waals surface area contributed by atoms with Crippen molar-refractivity contribution in [2.24, 2.45) is 0 Å². The highest BCUT2D eigenvalue weighted by atomic mass is 32.2. The van der Waals surface area contributed by atoms with Gasteiger partial charge in [-0.3, -0.25) is 4.79 Å². The molecule has 3 rings (SSSR count). The van der Waals surface area contributed by atoms with Crippen molar-refractivity contribution in [3.8, 4) is 5.75 Å². The molecular formula is C24H25NO2S. The standard InChI is InChI=1S/C24H25NO2S/c1-4-27-23-14-9-19(24(26)25-21-10-5-17(2)6-11-21)15-20(23)16-28-22-12-7-18(3)8-13-22/h5-15H,4,16H2,1-3H3,(H,25,26). The minimum atomic E-state index is -0.117. The molecule has 0 fully saturated rings. The summed E-state index contributed by atoms with van der Waals surface area (Å²) in [7, 11) is 0. The number of amides is 1. The monoisotopic (exact) mass is 391 g/mol. The Labute approximate surface area is 171 Å². The number of hydrogen-bond acceptors (Lipinski definition) is 3. The van der Waals surface area contributed by atoms with Crippen molar-refractivity contribution in [2.75, 3.05) is 11.9 Å². The van der Waals surface area contributed by atoms with Gasteiger partial charge in [-0.15, -0.1) is 11.8 Å². The van der Waals surface area contributed by atoms with Crippen LogP contribution in [-0.4, -0.2) is 12.5 Å². The molecule has 0 atom stereocenters. The first-order chi connectivity index (χ1) is 13.5. The van der Waals surface area contributed by atoms with Gasteiger partial charge >= 0.3 is 0 Å². The first kappa shape index (κ1) is 20.0. The van der Waals surface area contributed by atoms with Crippen molar-refractivity contribution in [3.05, 3.63) is 89.0 Å². The lowest BCUT2D eigenvalue weighted by Gasteiger charge is -2.13. The van der Waals surface area contributed by atoms with Crippen LogP contribution >= 0.6 is 11.8 Å². The predicted molar refractivity (Wildman–Crippen MR) is 117 cm³/mol. The van der Waals surface area contributed by atoms with Gasteiger partial charge in [-0.05, 0) is 63.2 Å². The molecule has 0 aromatic heterocycles. The number of carbonyl (C=O) groups excluding carboxylic acids is 1. The fourth-order valence-electron chi connectivity index (χ4n) is 2.77. The number of rotatable bonds is 7. The Kier molecular flexibility index (Phi) is 6.77. The zero-order valence-corrected chi connectivity index (χ0v) is 17.3. The SMILES string of the molecule is CCOc1ccc(C(=O)Nc2ccc(C)cc2)cc1CSc1ccc(C)cc1. The molecule has 0 unspecified atom stereocenters. The number of benzene rings is 3. The summed E-state index contributed by atoms with van der Waals surface area (Å²) in [6, 6.07) is 21.9. The molecular weight excluding hydrogens is 366 g/mol. The van der Waals surface area contributed by atoms with Crippen molar-refractivity contribution in [1.29, 1.82) is 0 Å². The number of hydrogen-bond donors (Lipinski definition) is 1. The number of carbonyl (C=O) groups is 1. The summed E-state index contributed by atoms with van der Waals surface area (Å²) in [6.45, 7) is 6.67. The Bertz CT molecular complexity index is 934. The van der Waals surface area contributed by atoms with Crippen LogP contribution in [0.25, 0.3) is 0 Å². The maximum absolute atomic E-state index is 12.7. The third-order valence-corrected chi connectivity index (χ3v) is 5.41. The number of ether oxygens (including phenoxy) is 1. The normalized spacial score (nSPS) is 10.5. The highest BCUT2D eigenvalue weighted by Crippen LogP contribution is 2.29. The van der Waals surface area contributed by atoms with Crippen LogP contribution in [0.2, 0.25) is 0 Å². The van der Waals surface area contributed by atoms with E-state index >= 15 is 0 Å². The maximum Gasteiger partial charge on any atom is 0.255 e. The molecule has 28 heavy (non-hydrogen) atoms. The Morgan fingerprint density at radius 1 is 0.929 bits per heavy atom. The van der Waals surface area contributed by atoms with Gasteiger partial charge in [0.2, 0.25) is 0 Å². The van der Waals surface area contributed by atoms with E-state index in [2.05, 4.69) is 36.5 Å². The number of aryl methyl sites for hydroxylation is 2. The van der Waals surface area contributed by atoms with Gasteiger partial charge in [0.1, 0.15) is 5.75 Å². The number of nitrogens with one attached hydrogen (secondary N) is 1. The van der Waals surface area contributed by atoms with Crippen LogP contribution < -0.4 is 10.1 Å². The van der Waals surface area contributed by atoms with Gasteiger partial charge < -0.3 is 10.1 Å². The van der Waals surface area contributed by atoms with Crippen molar-refractivity contribution < 1.29 is 9.53 Å². The lowest BCUT2D eigenvalue weighted by atomic mass is 10.1. The van der Waals surface area contributed by atoms with Gasteiger partial charge in [-0.25, -0.2) is 0 Å². The second-order valence-corrected chi connectivity index (χ2v) is 7.73. The van der Waals surface area contributed by atoms with E-state index in [0.717, 1.165) is 28.3 Å². The van der Waals surface area contributed by atoms with Gasteiger partial charge in [-0.1, -0.05) is 35.4 Å². The van der Waals surface area contributed by atoms with E-state index in [9.17, 15) is 4.79 Å². The van der Waals surface area contributed by atoms with Crippen LogP contribution in [0.5, 0.6) is 5.75 Å². The summed E-state index contributed by atoms with van der Waals surface area (Å²) in [5, 5.41) is 2.96. The molecule has 0 saturated heterocycles. The molecule has 3 aromatic carbocycles. The van der Waals surface area contributed by atoms with Gasteiger partial charge in [0.15, 0.2) is 0 Å². The lowest BCUT2D eigenvalue weighted by Crippen LogP contribution is -2.12. The van der Waals surface area contributed by atoms with E-state index in [4.69, 9.17) is 4.74 Å². The Hall–Kier alpha value is -2.72. The van der Waals surface area contributed by atoms with Crippen molar-refractivity contribution in [3.63, 3.8) is 0 Å². The smallest absolute Gasteiger partial charge is 0.255 e. The maximum atomic E-state index is 12.7. The summed E-state index contributed by atoms with van der Waals surface area (Å²) >= 11 is 1.74. The first-order valence-corrected chi connectivity index (χ1v) is 10.4. The molecule has 1 amide bonds. The van der Waals surface area contributed by atoms with Crippen LogP contribution in [0.1, 0.15) is 34.0 Å². The van der Waals surface area contributed by atoms with Crippen molar-refractivity contribution >= 4 is 23.4 Å². The van der Waals surface area contributed by atoms with Crippen LogP contribution in [0, 0.1) is 13.8 Å². The molecule has 1 N–H and O–H groups in total. The molecule has 0 heterocycles. The molecule has 0 radical (unpaired) electrons. The summed E-state index contributed by atoms with van der Waals surface area (Å²) in [4.78, 5) is 13.9. The summed E-state index contributed by atoms with van der Waals surface area (Å²) < 4.78 is 5.77. The van der Waals surface area contributed by atoms with E-state index in [1.54, 1.807) is 11.8 Å². The molecule has 144 valence electrons. The molecule has 3 aromatic rings. The molecule has 0 saturated carbocycles. The van der Waals surface area contributed by atoms with E-state index in [-0.39, 0.29) is 5.91 Å². The Morgan fingerprint density at radius 3 is 2.21 bits per heavy atom. The van der Waals surface area contributed by atoms with Crippen molar-refractivity contribution in [1.82, 2.24) is 0 Å². The third-order valence-electron chi connectivity index (χ3n) is 4.35. The van der Waals surface area contributed by atoms with E-state index < -0.39 is 0 Å². The van der Waals surface area contributed by atoms with Gasteiger partial charge in [-0.2, -0.15) is 0 Å². The second kappa shape index (κ2) is 9.47. The second-order valence-electron chi connectivity index (χ2n) is 6.68. The average molecular weight is 392 g/mol. The molecule has 0 aliphatic carbocycles. The summed E-state index contributed by atoms with van der Waals surface area (Å²) in [5.74, 6) is 1.45. The van der Waals surface area contributed by atoms with E-state index in [1.165, 1.54) is 10.5 Å². The fourth-order valence-corrected chi connectivity index (χ4v) is 3.64. The molecule has 0 aliphatic rings. The molecule has 3 nitrogen and oxygen atoms in total. The van der Waals surface area contributed by atoms with E-state index in [0.29, 0.717) is 12.2 Å². The molecule has 4 heteroatoms. The van der Waals surface area contributed by atoms with Gasteiger partial charge in [0.25, 0.3) is 5.91 Å². The van der Waals surface area contributed by atoms with Crippen LogP contribution in [0.3, 0.4) is 0 Å². The minimum absolute atomic E-state index is 0.117. The highest BCUT2D eigenvalue weighted by Gasteiger charge is 2.12. The Morgan fingerprint density at radius 2 is 1.57 bits per heavy atom. The summed E-state index contributed by atoms with van der Waals surface area (Å²) in [5.41, 5.74) is 4.84. The predicted octanol–water partition coefficient (Wildman–Crippen LogP) is 6.25. The van der Waals surface area contributed by atoms with Gasteiger partial charge in [0, 0.05) is 27.5 Å². The number of anilines is 1. The minimum Gasteiger partial charge on any atom is -0.494 e. The molecule has 0 spiro atoms. The number of thioether (sulfide) groups is 1. The molecule has 0 aliphatic heterocycles. The van der Waals surface area contributed by atoms with Gasteiger partial charge in [0.05, 0.1) is 6.61 Å². The first-order valence-electron chi connectivity index (χ1n) is 9.38.